The molecule has 0 aliphatic rings. The number of esters is 1. The molecule has 0 radical (unpaired) electrons. The molecule has 8 aromatic rings. The second-order valence-electron chi connectivity index (χ2n) is 16.0. The van der Waals surface area contributed by atoms with E-state index in [-0.39, 0.29) is 5.97 Å². The summed E-state index contributed by atoms with van der Waals surface area (Å²) >= 11 is 0. The first-order valence-corrected chi connectivity index (χ1v) is 22.9. The van der Waals surface area contributed by atoms with Crippen LogP contribution in [-0.4, -0.2) is 19.2 Å². The summed E-state index contributed by atoms with van der Waals surface area (Å²) in [5.74, 6) is -71.7. The third kappa shape index (κ3) is 8.93. The molecule has 75 heavy (non-hydrogen) atoms. The van der Waals surface area contributed by atoms with Gasteiger partial charge in [0.2, 0.25) is 0 Å². The second-order valence-corrected chi connectivity index (χ2v) is 19.4. The van der Waals surface area contributed by atoms with Gasteiger partial charge in [-0.05, 0) is 54.1 Å². The molecule has 0 atom stereocenters. The van der Waals surface area contributed by atoms with E-state index in [1.54, 1.807) is 0 Å². The van der Waals surface area contributed by atoms with Gasteiger partial charge in [0.1, 0.15) is 75.9 Å². The average Bonchev–Trinajstić information content (AvgIpc) is 3.43. The van der Waals surface area contributed by atoms with Crippen LogP contribution in [0.3, 0.4) is 0 Å². The largest absolute Gasteiger partial charge is 0.465 e. The molecule has 8 rings (SSSR count). The molecule has 388 valence electrons. The Morgan fingerprint density at radius 2 is 0.547 bits per heavy atom. The minimum Gasteiger partial charge on any atom is -0.465 e. The van der Waals surface area contributed by atoms with Crippen molar-refractivity contribution in [1.82, 2.24) is 0 Å². The summed E-state index contributed by atoms with van der Waals surface area (Å²) in [5.41, 5.74) is -12.6. The van der Waals surface area contributed by atoms with Crippen molar-refractivity contribution in [3.8, 4) is 0 Å². The fourth-order valence-corrected chi connectivity index (χ4v) is 13.0. The van der Waals surface area contributed by atoms with Gasteiger partial charge in [-0.2, -0.15) is 0 Å². The maximum Gasteiger partial charge on any atom is 0.337 e. The van der Waals surface area contributed by atoms with Crippen molar-refractivity contribution in [3.63, 3.8) is 0 Å². The molecule has 0 fully saturated rings. The molecule has 0 N–H and O–H groups in total. The molecular formula is C51H24BF20O2P. The molecule has 0 saturated carbocycles. The van der Waals surface area contributed by atoms with Gasteiger partial charge in [0.15, 0.2) is 69.8 Å². The normalized spacial score (nSPS) is 11.6. The highest BCUT2D eigenvalue weighted by Crippen LogP contribution is 2.58. The van der Waals surface area contributed by atoms with E-state index in [0.717, 1.165) is 6.16 Å². The highest BCUT2D eigenvalue weighted by Gasteiger charge is 2.52. The maximum absolute atomic E-state index is 15.4. The molecule has 0 aromatic heterocycles. The van der Waals surface area contributed by atoms with Gasteiger partial charge in [0.25, 0.3) is 0 Å². The standard InChI is InChI=1S/C27H24O2P.C24BF20/c1-29-27(28)23-19-17-22(18-20-23)21-30(24-11-5-2-6-12-24,25-13-7-3-8-14-25)26-15-9-4-10-16-26;26-5-1(6(27)14(35)21(42)13(5)34)25(2-7(28)15(36)22(43)16(37)8(2)29,3-9(30)17(38)23(44)18(39)10(3)31)4-11(32)19(40)24(45)20(41)12(4)33/h2-20H,21H2,1H3;/q+1;-1. The van der Waals surface area contributed by atoms with E-state index in [1.165, 1.54) is 28.6 Å². The summed E-state index contributed by atoms with van der Waals surface area (Å²) in [7, 11) is -0.527. The van der Waals surface area contributed by atoms with Gasteiger partial charge in [-0.1, -0.05) is 66.7 Å². The molecule has 0 bridgehead atoms. The van der Waals surface area contributed by atoms with Gasteiger partial charge < -0.3 is 4.74 Å². The third-order valence-electron chi connectivity index (χ3n) is 12.1. The monoisotopic (exact) mass is 1090 g/mol. The van der Waals surface area contributed by atoms with Crippen LogP contribution < -0.4 is 37.8 Å². The first-order valence-electron chi connectivity index (χ1n) is 20.9. The molecule has 0 saturated heterocycles. The van der Waals surface area contributed by atoms with E-state index >= 15 is 35.1 Å². The number of methoxy groups -OCH3 is 1. The van der Waals surface area contributed by atoms with Crippen molar-refractivity contribution in [2.45, 2.75) is 6.16 Å². The van der Waals surface area contributed by atoms with Gasteiger partial charge in [-0.3, -0.25) is 0 Å². The molecule has 0 amide bonds. The summed E-state index contributed by atoms with van der Waals surface area (Å²) in [6.07, 6.45) is -6.34. The lowest BCUT2D eigenvalue weighted by Crippen LogP contribution is -2.81. The number of carbonyl (C=O) groups is 1. The molecular weight excluding hydrogens is 1070 g/mol. The Balaban J connectivity index is 0.000000236. The van der Waals surface area contributed by atoms with Crippen LogP contribution in [0, 0.1) is 116 Å². The zero-order valence-corrected chi connectivity index (χ0v) is 38.0. The highest BCUT2D eigenvalue weighted by atomic mass is 31.2. The lowest BCUT2D eigenvalue weighted by molar-refractivity contribution is 0.0600. The Kier molecular flexibility index (Phi) is 15.6. The van der Waals surface area contributed by atoms with Crippen LogP contribution in [0.4, 0.5) is 87.8 Å². The summed E-state index contributed by atoms with van der Waals surface area (Å²) in [6, 6.07) is 40.2. The third-order valence-corrected chi connectivity index (χ3v) is 16.5. The van der Waals surface area contributed by atoms with Crippen LogP contribution in [0.2, 0.25) is 0 Å². The molecule has 0 unspecified atom stereocenters. The van der Waals surface area contributed by atoms with Crippen LogP contribution in [-0.2, 0) is 10.9 Å². The Bertz CT molecular complexity index is 3040. The Labute approximate surface area is 409 Å². The molecule has 0 aliphatic heterocycles. The molecule has 24 heteroatoms. The van der Waals surface area contributed by atoms with Gasteiger partial charge in [-0.25, -0.2) is 92.6 Å². The number of ether oxygens (including phenoxy) is 1. The lowest BCUT2D eigenvalue weighted by Gasteiger charge is -2.44. The predicted molar refractivity (Wildman–Crippen MR) is 236 cm³/mol. The number of benzene rings is 8. The average molecular weight is 1090 g/mol. The highest BCUT2D eigenvalue weighted by molar-refractivity contribution is 7.95. The summed E-state index contributed by atoms with van der Waals surface area (Å²) in [6.45, 7) is 0. The maximum atomic E-state index is 15.4. The van der Waals surface area contributed by atoms with E-state index in [4.69, 9.17) is 4.74 Å². The van der Waals surface area contributed by atoms with Crippen molar-refractivity contribution < 1.29 is 97.3 Å². The second kappa shape index (κ2) is 21.3. The van der Waals surface area contributed by atoms with Crippen molar-refractivity contribution in [3.05, 3.63) is 243 Å². The van der Waals surface area contributed by atoms with E-state index < -0.39 is 152 Å². The minimum absolute atomic E-state index is 0.309. The smallest absolute Gasteiger partial charge is 0.337 e. The van der Waals surface area contributed by atoms with Gasteiger partial charge in [0, 0.05) is 0 Å². The van der Waals surface area contributed by atoms with E-state index in [2.05, 4.69) is 103 Å². The SMILES string of the molecule is COC(=O)c1ccc(C[P+](c2ccccc2)(c2ccccc2)c2ccccc2)cc1.Fc1c(F)c(F)c([B-](c2c(F)c(F)c(F)c(F)c2F)(c2c(F)c(F)c(F)c(F)c2F)c2c(F)c(F)c(F)c(F)c2F)c(F)c1F. The number of halogens is 20. The zero-order chi connectivity index (χ0) is 55.2. The number of hydrogen-bond acceptors (Lipinski definition) is 2. The first-order chi connectivity index (χ1) is 35.4. The Hall–Kier alpha value is -7.68. The summed E-state index contributed by atoms with van der Waals surface area (Å²) in [4.78, 5) is 11.9. The van der Waals surface area contributed by atoms with Crippen LogP contribution in [0.15, 0.2) is 115 Å². The van der Waals surface area contributed by atoms with E-state index in [9.17, 15) is 57.5 Å². The molecule has 0 heterocycles. The van der Waals surface area contributed by atoms with Crippen molar-refractivity contribution in [2.24, 2.45) is 0 Å². The Morgan fingerprint density at radius 3 is 0.760 bits per heavy atom. The first kappa shape index (κ1) is 55.1. The van der Waals surface area contributed by atoms with E-state index in [0.29, 0.717) is 5.56 Å². The quantitative estimate of drug-likeness (QED) is 0.0341. The predicted octanol–water partition coefficient (Wildman–Crippen LogP) is 10.8. The lowest BCUT2D eigenvalue weighted by atomic mass is 9.12. The van der Waals surface area contributed by atoms with Crippen molar-refractivity contribution >= 4 is 57.1 Å². The topological polar surface area (TPSA) is 26.3 Å². The van der Waals surface area contributed by atoms with Gasteiger partial charge in [-0.15, -0.1) is 21.9 Å². The summed E-state index contributed by atoms with van der Waals surface area (Å²) < 4.78 is 299. The van der Waals surface area contributed by atoms with Crippen LogP contribution in [0.1, 0.15) is 15.9 Å². The van der Waals surface area contributed by atoms with Crippen molar-refractivity contribution in [1.29, 1.82) is 0 Å². The molecule has 2 nitrogen and oxygen atoms in total. The fraction of sp³-hybridized carbons (Fsp3) is 0.0392. The summed E-state index contributed by atoms with van der Waals surface area (Å²) in [5, 5.41) is 4.04. The Morgan fingerprint density at radius 1 is 0.333 bits per heavy atom. The zero-order valence-electron chi connectivity index (χ0n) is 37.1. The fourth-order valence-electron chi connectivity index (χ4n) is 8.78. The minimum atomic E-state index is -7.22. The van der Waals surface area contributed by atoms with E-state index in [1.807, 2.05) is 12.1 Å². The number of rotatable bonds is 10. The van der Waals surface area contributed by atoms with Crippen LogP contribution in [0.5, 0.6) is 0 Å². The number of hydrogen-bond donors (Lipinski definition) is 0. The van der Waals surface area contributed by atoms with Gasteiger partial charge in [0.05, 0.1) is 18.8 Å². The van der Waals surface area contributed by atoms with Crippen LogP contribution in [0.25, 0.3) is 0 Å². The van der Waals surface area contributed by atoms with Crippen LogP contribution >= 0.6 is 7.26 Å². The molecule has 8 aromatic carbocycles. The molecule has 0 aliphatic carbocycles. The number of carbonyl (C=O) groups excluding carboxylic acids is 1. The van der Waals surface area contributed by atoms with Gasteiger partial charge >= 0.3 is 5.97 Å². The molecule has 0 spiro atoms. The van der Waals surface area contributed by atoms with Crippen molar-refractivity contribution in [2.75, 3.05) is 7.11 Å².